The minimum Gasteiger partial charge on any atom is -0.329 e. The summed E-state index contributed by atoms with van der Waals surface area (Å²) >= 11 is 1.51. The summed E-state index contributed by atoms with van der Waals surface area (Å²) < 4.78 is 0. The van der Waals surface area contributed by atoms with Crippen LogP contribution in [-0.4, -0.2) is 35.4 Å². The van der Waals surface area contributed by atoms with Gasteiger partial charge in [-0.15, -0.1) is 23.7 Å². The van der Waals surface area contributed by atoms with E-state index in [-0.39, 0.29) is 18.3 Å². The van der Waals surface area contributed by atoms with E-state index in [1.165, 1.54) is 16.9 Å². The molecule has 0 aliphatic rings. The fraction of sp³-hybridized carbons (Fsp3) is 0.412. The van der Waals surface area contributed by atoms with Gasteiger partial charge in [0.1, 0.15) is 0 Å². The van der Waals surface area contributed by atoms with E-state index in [0.717, 1.165) is 30.5 Å². The third kappa shape index (κ3) is 5.87. The number of carbonyl (C=O) groups excluding carboxylic acids is 1. The molecule has 1 aromatic carbocycles. The van der Waals surface area contributed by atoms with Gasteiger partial charge in [0.2, 0.25) is 5.91 Å². The zero-order valence-electron chi connectivity index (χ0n) is 14.1. The van der Waals surface area contributed by atoms with Crippen molar-refractivity contribution in [1.82, 2.24) is 9.88 Å². The lowest BCUT2D eigenvalue weighted by atomic mass is 10.2. The predicted octanol–water partition coefficient (Wildman–Crippen LogP) is 2.90. The average Bonchev–Trinajstić information content (AvgIpc) is 2.97. The van der Waals surface area contributed by atoms with Crippen LogP contribution in [0.5, 0.6) is 0 Å². The lowest BCUT2D eigenvalue weighted by molar-refractivity contribution is -0.116. The van der Waals surface area contributed by atoms with Crippen LogP contribution in [0.15, 0.2) is 35.7 Å². The maximum Gasteiger partial charge on any atom is 0.225 e. The summed E-state index contributed by atoms with van der Waals surface area (Å²) in [6.07, 6.45) is 0. The largest absolute Gasteiger partial charge is 0.329 e. The number of carbonyl (C=O) groups is 1. The Kier molecular flexibility index (Phi) is 8.92. The van der Waals surface area contributed by atoms with E-state index < -0.39 is 0 Å². The molecule has 1 amide bonds. The van der Waals surface area contributed by atoms with Gasteiger partial charge in [0.15, 0.2) is 5.13 Å². The minimum atomic E-state index is 0. The van der Waals surface area contributed by atoms with Gasteiger partial charge in [-0.3, -0.25) is 14.6 Å². The first-order valence-electron chi connectivity index (χ1n) is 7.83. The van der Waals surface area contributed by atoms with Crippen LogP contribution in [0.1, 0.15) is 25.1 Å². The lowest BCUT2D eigenvalue weighted by Gasteiger charge is -2.20. The third-order valence-electron chi connectivity index (χ3n) is 3.55. The van der Waals surface area contributed by atoms with Crippen LogP contribution in [0.2, 0.25) is 0 Å². The highest BCUT2D eigenvalue weighted by Crippen LogP contribution is 2.22. The van der Waals surface area contributed by atoms with Crippen LogP contribution in [0.3, 0.4) is 0 Å². The highest BCUT2D eigenvalue weighted by Gasteiger charge is 2.15. The van der Waals surface area contributed by atoms with Crippen molar-refractivity contribution in [3.63, 3.8) is 0 Å². The molecule has 2 rings (SSSR count). The first-order valence-corrected chi connectivity index (χ1v) is 8.70. The van der Waals surface area contributed by atoms with Crippen LogP contribution < -0.4 is 10.6 Å². The molecule has 1 aromatic heterocycles. The summed E-state index contributed by atoms with van der Waals surface area (Å²) in [6, 6.07) is 10.3. The Bertz CT molecular complexity index is 620. The second kappa shape index (κ2) is 10.4. The Morgan fingerprint density at radius 1 is 1.25 bits per heavy atom. The van der Waals surface area contributed by atoms with Crippen molar-refractivity contribution in [3.05, 3.63) is 47.0 Å². The molecule has 0 radical (unpaired) electrons. The summed E-state index contributed by atoms with van der Waals surface area (Å²) in [6.45, 7) is 7.16. The number of thiazole rings is 1. The Morgan fingerprint density at radius 2 is 1.96 bits per heavy atom. The lowest BCUT2D eigenvalue weighted by Crippen LogP contribution is -2.29. The Morgan fingerprint density at radius 3 is 2.54 bits per heavy atom. The molecule has 5 nitrogen and oxygen atoms in total. The molecule has 0 saturated carbocycles. The number of nitrogens with two attached hydrogens (primary N) is 1. The van der Waals surface area contributed by atoms with Crippen LogP contribution in [0.25, 0.3) is 0 Å². The molecule has 0 spiro atoms. The number of halogens is 1. The van der Waals surface area contributed by atoms with Gasteiger partial charge in [0.25, 0.3) is 0 Å². The van der Waals surface area contributed by atoms with Gasteiger partial charge in [-0.05, 0) is 12.5 Å². The van der Waals surface area contributed by atoms with Gasteiger partial charge < -0.3 is 5.73 Å². The zero-order chi connectivity index (χ0) is 16.7. The average molecular weight is 369 g/mol. The van der Waals surface area contributed by atoms with E-state index in [1.807, 2.05) is 30.5 Å². The monoisotopic (exact) mass is 368 g/mol. The molecule has 7 heteroatoms. The molecular formula is C17H25ClN4OS. The third-order valence-corrected chi connectivity index (χ3v) is 4.46. The van der Waals surface area contributed by atoms with Crippen molar-refractivity contribution >= 4 is 34.8 Å². The van der Waals surface area contributed by atoms with Crippen molar-refractivity contribution < 1.29 is 4.79 Å². The summed E-state index contributed by atoms with van der Waals surface area (Å²) in [5.74, 6) is 0.0245. The highest BCUT2D eigenvalue weighted by molar-refractivity contribution is 7.14. The number of hydrogen-bond donors (Lipinski definition) is 1. The maximum absolute atomic E-state index is 11.6. The molecule has 0 saturated heterocycles. The SMILES string of the molecule is CCN(C(C)=O)c1nc(CN(CCN)Cc2ccccc2)cs1.Cl. The van der Waals surface area contributed by atoms with Crippen molar-refractivity contribution in [2.75, 3.05) is 24.5 Å². The van der Waals surface area contributed by atoms with Crippen molar-refractivity contribution in [2.45, 2.75) is 26.9 Å². The molecule has 1 heterocycles. The van der Waals surface area contributed by atoms with Gasteiger partial charge in [-0.1, -0.05) is 30.3 Å². The number of aromatic nitrogens is 1. The maximum atomic E-state index is 11.6. The smallest absolute Gasteiger partial charge is 0.225 e. The van der Waals surface area contributed by atoms with Crippen molar-refractivity contribution in [1.29, 1.82) is 0 Å². The molecule has 0 atom stereocenters. The Balaban J connectivity index is 0.00000288. The number of benzene rings is 1. The number of hydrogen-bond acceptors (Lipinski definition) is 5. The molecule has 0 bridgehead atoms. The van der Waals surface area contributed by atoms with E-state index in [4.69, 9.17) is 5.73 Å². The van der Waals surface area contributed by atoms with Crippen molar-refractivity contribution in [2.24, 2.45) is 5.73 Å². The number of amides is 1. The standard InChI is InChI=1S/C17H24N4OS.ClH/c1-3-21(14(2)22)17-19-16(13-23-17)12-20(10-9-18)11-15-7-5-4-6-8-15;/h4-8,13H,3,9-12,18H2,1-2H3;1H. The summed E-state index contributed by atoms with van der Waals surface area (Å²) in [7, 11) is 0. The normalized spacial score (nSPS) is 10.5. The summed E-state index contributed by atoms with van der Waals surface area (Å²) in [5, 5.41) is 2.79. The summed E-state index contributed by atoms with van der Waals surface area (Å²) in [5.41, 5.74) is 7.98. The van der Waals surface area contributed by atoms with Crippen LogP contribution in [-0.2, 0) is 17.9 Å². The van der Waals surface area contributed by atoms with Gasteiger partial charge >= 0.3 is 0 Å². The van der Waals surface area contributed by atoms with Gasteiger partial charge in [0, 0.05) is 45.0 Å². The second-order valence-electron chi connectivity index (χ2n) is 5.37. The fourth-order valence-corrected chi connectivity index (χ4v) is 3.38. The van der Waals surface area contributed by atoms with Gasteiger partial charge in [0.05, 0.1) is 5.69 Å². The summed E-state index contributed by atoms with van der Waals surface area (Å²) in [4.78, 5) is 20.2. The Hall–Kier alpha value is -1.47. The van der Waals surface area contributed by atoms with E-state index >= 15 is 0 Å². The van der Waals surface area contributed by atoms with E-state index in [1.54, 1.807) is 11.8 Å². The first kappa shape index (κ1) is 20.6. The van der Waals surface area contributed by atoms with Gasteiger partial charge in [-0.2, -0.15) is 0 Å². The van der Waals surface area contributed by atoms with Gasteiger partial charge in [-0.25, -0.2) is 4.98 Å². The topological polar surface area (TPSA) is 62.5 Å². The van der Waals surface area contributed by atoms with Crippen LogP contribution in [0.4, 0.5) is 5.13 Å². The van der Waals surface area contributed by atoms with E-state index in [2.05, 4.69) is 22.0 Å². The molecular weight excluding hydrogens is 344 g/mol. The highest BCUT2D eigenvalue weighted by atomic mass is 35.5. The zero-order valence-corrected chi connectivity index (χ0v) is 15.8. The first-order chi connectivity index (χ1) is 11.1. The minimum absolute atomic E-state index is 0. The molecule has 24 heavy (non-hydrogen) atoms. The van der Waals surface area contributed by atoms with Crippen LogP contribution >= 0.6 is 23.7 Å². The molecule has 0 aliphatic carbocycles. The van der Waals surface area contributed by atoms with Crippen molar-refractivity contribution in [3.8, 4) is 0 Å². The molecule has 2 N–H and O–H groups in total. The fourth-order valence-electron chi connectivity index (χ4n) is 2.45. The molecule has 0 fully saturated rings. The van der Waals surface area contributed by atoms with Crippen LogP contribution in [0, 0.1) is 0 Å². The number of nitrogens with zero attached hydrogens (tertiary/aromatic N) is 3. The number of anilines is 1. The predicted molar refractivity (Wildman–Crippen MR) is 103 cm³/mol. The molecule has 132 valence electrons. The molecule has 0 aliphatic heterocycles. The molecule has 2 aromatic rings. The van der Waals surface area contributed by atoms with E-state index in [0.29, 0.717) is 13.1 Å². The number of rotatable bonds is 8. The second-order valence-corrected chi connectivity index (χ2v) is 6.21. The quantitative estimate of drug-likeness (QED) is 0.778. The van der Waals surface area contributed by atoms with E-state index in [9.17, 15) is 4.79 Å². The molecule has 0 unspecified atom stereocenters. The Labute approximate surface area is 153 Å².